The molecule has 4 N–H and O–H groups in total. The number of methoxy groups -OCH3 is 2. The quantitative estimate of drug-likeness (QED) is 0.240. The molecule has 1 aliphatic rings. The normalized spacial score (nSPS) is 17.2. The number of carbonyl (C=O) groups is 1. The third-order valence-electron chi connectivity index (χ3n) is 6.29. The summed E-state index contributed by atoms with van der Waals surface area (Å²) >= 11 is 6.17. The summed E-state index contributed by atoms with van der Waals surface area (Å²) in [5.74, 6) is 0.841. The smallest absolute Gasteiger partial charge is 0.244 e. The lowest BCUT2D eigenvalue weighted by atomic mass is 10.1. The molecule has 0 unspecified atom stereocenters. The molecule has 1 saturated heterocycles. The number of halogens is 1. The van der Waals surface area contributed by atoms with E-state index in [4.69, 9.17) is 25.8 Å². The molecule has 0 aromatic heterocycles. The first-order valence-corrected chi connectivity index (χ1v) is 16.0. The summed E-state index contributed by atoms with van der Waals surface area (Å²) in [5, 5.41) is 3.16. The Bertz CT molecular complexity index is 1480. The molecule has 0 radical (unpaired) electrons. The highest BCUT2D eigenvalue weighted by Gasteiger charge is 2.31. The molecule has 1 fully saturated rings. The molecule has 10 nitrogen and oxygen atoms in total. The SMILES string of the molecule is COc1ccc(CNS(=O)(=O)c2cc(NC(=O)Cc3ccccc3Cl)ccc2O[C@H]2CCS(O)(O)C2)c(OC)c1. The van der Waals surface area contributed by atoms with Gasteiger partial charge in [-0.3, -0.25) is 13.9 Å². The Kier molecular flexibility index (Phi) is 9.49. The molecule has 0 aliphatic carbocycles. The van der Waals surface area contributed by atoms with Crippen LogP contribution >= 0.6 is 22.2 Å². The first kappa shape index (κ1) is 30.0. The number of carbonyl (C=O) groups excluding carboxylic acids is 1. The minimum atomic E-state index is -4.18. The molecular formula is C27H31ClN2O8S2. The van der Waals surface area contributed by atoms with Crippen molar-refractivity contribution in [1.82, 2.24) is 4.72 Å². The van der Waals surface area contributed by atoms with Crippen LogP contribution < -0.4 is 24.2 Å². The van der Waals surface area contributed by atoms with Gasteiger partial charge in [-0.15, -0.1) is 0 Å². The topological polar surface area (TPSA) is 143 Å². The summed E-state index contributed by atoms with van der Waals surface area (Å²) < 4.78 is 66.2. The van der Waals surface area contributed by atoms with Crippen LogP contribution in [0.1, 0.15) is 17.5 Å². The second-order valence-corrected chi connectivity index (χ2v) is 13.7. The van der Waals surface area contributed by atoms with Gasteiger partial charge in [0.25, 0.3) is 0 Å². The predicted octanol–water partition coefficient (Wildman–Crippen LogP) is 4.92. The fraction of sp³-hybridized carbons (Fsp3) is 0.296. The van der Waals surface area contributed by atoms with Crippen molar-refractivity contribution in [1.29, 1.82) is 0 Å². The lowest BCUT2D eigenvalue weighted by Gasteiger charge is -2.26. The highest BCUT2D eigenvalue weighted by molar-refractivity contribution is 8.24. The second-order valence-electron chi connectivity index (χ2n) is 9.18. The van der Waals surface area contributed by atoms with Gasteiger partial charge in [0, 0.05) is 41.1 Å². The highest BCUT2D eigenvalue weighted by Crippen LogP contribution is 2.47. The summed E-state index contributed by atoms with van der Waals surface area (Å²) in [6.07, 6.45) is -0.203. The monoisotopic (exact) mass is 610 g/mol. The molecule has 0 saturated carbocycles. The number of hydrogen-bond donors (Lipinski definition) is 4. The van der Waals surface area contributed by atoms with E-state index in [9.17, 15) is 22.3 Å². The molecule has 1 amide bonds. The molecule has 0 bridgehead atoms. The van der Waals surface area contributed by atoms with Crippen LogP contribution in [0.4, 0.5) is 5.69 Å². The van der Waals surface area contributed by atoms with Crippen LogP contribution in [-0.4, -0.2) is 55.3 Å². The zero-order chi connectivity index (χ0) is 28.9. The van der Waals surface area contributed by atoms with Crippen LogP contribution in [0.15, 0.2) is 65.6 Å². The Labute approximate surface area is 240 Å². The van der Waals surface area contributed by atoms with Crippen LogP contribution in [0.25, 0.3) is 0 Å². The lowest BCUT2D eigenvalue weighted by Crippen LogP contribution is -2.26. The minimum absolute atomic E-state index is 0.00451. The van der Waals surface area contributed by atoms with E-state index < -0.39 is 26.7 Å². The first-order chi connectivity index (χ1) is 19.0. The summed E-state index contributed by atoms with van der Waals surface area (Å²) in [7, 11) is -3.95. The van der Waals surface area contributed by atoms with Crippen molar-refractivity contribution in [3.63, 3.8) is 0 Å². The Hall–Kier alpha value is -3.00. The van der Waals surface area contributed by atoms with Gasteiger partial charge >= 0.3 is 0 Å². The molecule has 40 heavy (non-hydrogen) atoms. The van der Waals surface area contributed by atoms with Crippen molar-refractivity contribution in [2.24, 2.45) is 0 Å². The van der Waals surface area contributed by atoms with E-state index in [2.05, 4.69) is 10.0 Å². The maximum absolute atomic E-state index is 13.5. The number of rotatable bonds is 11. The lowest BCUT2D eigenvalue weighted by molar-refractivity contribution is -0.115. The van der Waals surface area contributed by atoms with E-state index in [-0.39, 0.29) is 46.7 Å². The van der Waals surface area contributed by atoms with E-state index in [1.165, 1.54) is 32.4 Å². The summed E-state index contributed by atoms with van der Waals surface area (Å²) in [6.45, 7) is -0.0952. The van der Waals surface area contributed by atoms with Crippen molar-refractivity contribution in [3.8, 4) is 17.2 Å². The molecule has 1 aliphatic heterocycles. The van der Waals surface area contributed by atoms with Gasteiger partial charge in [-0.2, -0.15) is 10.6 Å². The number of nitrogens with one attached hydrogen (secondary N) is 2. The number of sulfonamides is 1. The van der Waals surface area contributed by atoms with Crippen molar-refractivity contribution in [2.75, 3.05) is 31.0 Å². The maximum Gasteiger partial charge on any atom is 0.244 e. The summed E-state index contributed by atoms with van der Waals surface area (Å²) in [4.78, 5) is 12.5. The van der Waals surface area contributed by atoms with Gasteiger partial charge in [-0.05, 0) is 35.9 Å². The molecule has 4 rings (SSSR count). The number of anilines is 1. The van der Waals surface area contributed by atoms with Crippen LogP contribution in [0.3, 0.4) is 0 Å². The van der Waals surface area contributed by atoms with Crippen molar-refractivity contribution >= 4 is 43.8 Å². The average Bonchev–Trinajstić information content (AvgIpc) is 3.27. The Morgan fingerprint density at radius 2 is 1.80 bits per heavy atom. The van der Waals surface area contributed by atoms with Gasteiger partial charge in [0.05, 0.1) is 26.4 Å². The zero-order valence-electron chi connectivity index (χ0n) is 21.9. The van der Waals surface area contributed by atoms with Gasteiger partial charge in [0.2, 0.25) is 15.9 Å². The summed E-state index contributed by atoms with van der Waals surface area (Å²) in [6, 6.07) is 16.2. The van der Waals surface area contributed by atoms with Gasteiger partial charge in [0.15, 0.2) is 0 Å². The number of hydrogen-bond acceptors (Lipinski definition) is 8. The number of benzene rings is 3. The van der Waals surface area contributed by atoms with Gasteiger partial charge in [0.1, 0.15) is 28.2 Å². The largest absolute Gasteiger partial charge is 0.497 e. The maximum atomic E-state index is 13.5. The predicted molar refractivity (Wildman–Crippen MR) is 155 cm³/mol. The first-order valence-electron chi connectivity index (χ1n) is 12.3. The molecule has 3 aromatic carbocycles. The Morgan fingerprint density at radius 3 is 2.48 bits per heavy atom. The molecule has 1 heterocycles. The van der Waals surface area contributed by atoms with Gasteiger partial charge in [-0.25, -0.2) is 13.1 Å². The number of amides is 1. The molecule has 1 atom stereocenters. The molecule has 3 aromatic rings. The second kappa shape index (κ2) is 12.7. The Morgan fingerprint density at radius 1 is 1.02 bits per heavy atom. The fourth-order valence-electron chi connectivity index (χ4n) is 4.22. The van der Waals surface area contributed by atoms with Crippen LogP contribution in [0.5, 0.6) is 17.2 Å². The Balaban J connectivity index is 1.59. The van der Waals surface area contributed by atoms with E-state index >= 15 is 0 Å². The highest BCUT2D eigenvalue weighted by atomic mass is 35.5. The van der Waals surface area contributed by atoms with Crippen LogP contribution in [0.2, 0.25) is 5.02 Å². The minimum Gasteiger partial charge on any atom is -0.497 e. The average molecular weight is 611 g/mol. The molecular weight excluding hydrogens is 580 g/mol. The zero-order valence-corrected chi connectivity index (χ0v) is 24.3. The fourth-order valence-corrected chi connectivity index (χ4v) is 7.22. The number of ether oxygens (including phenoxy) is 3. The molecule has 216 valence electrons. The van der Waals surface area contributed by atoms with E-state index in [1.54, 1.807) is 42.5 Å². The van der Waals surface area contributed by atoms with Gasteiger partial charge < -0.3 is 19.5 Å². The van der Waals surface area contributed by atoms with E-state index in [1.807, 2.05) is 0 Å². The van der Waals surface area contributed by atoms with Gasteiger partial charge in [-0.1, -0.05) is 35.9 Å². The molecule has 13 heteroatoms. The van der Waals surface area contributed by atoms with Crippen LogP contribution in [0, 0.1) is 0 Å². The summed E-state index contributed by atoms with van der Waals surface area (Å²) in [5.41, 5.74) is 1.44. The van der Waals surface area contributed by atoms with Crippen molar-refractivity contribution < 1.29 is 36.5 Å². The van der Waals surface area contributed by atoms with Crippen molar-refractivity contribution in [2.45, 2.75) is 30.4 Å². The third-order valence-corrected chi connectivity index (χ3v) is 9.87. The van der Waals surface area contributed by atoms with E-state index in [0.717, 1.165) is 0 Å². The van der Waals surface area contributed by atoms with Crippen LogP contribution in [-0.2, 0) is 27.8 Å². The van der Waals surface area contributed by atoms with Crippen molar-refractivity contribution in [3.05, 3.63) is 76.8 Å². The molecule has 0 spiro atoms. The van der Waals surface area contributed by atoms with E-state index in [0.29, 0.717) is 34.1 Å². The third kappa shape index (κ3) is 7.59. The standard InChI is InChI=1S/C27H31ClN2O8S2/c1-36-21-9-7-19(25(15-21)37-2)16-29-40(34,35)26-14-20(30-27(31)13-18-5-3-4-6-23(18)28)8-10-24(26)38-22-11-12-39(32,33)17-22/h3-10,14-15,22,29,32-33H,11-13,16-17H2,1-2H3,(H,30,31)/t22-/m0/s1.